The van der Waals surface area contributed by atoms with Crippen LogP contribution in [-0.4, -0.2) is 47.1 Å². The van der Waals surface area contributed by atoms with Gasteiger partial charge in [-0.05, 0) is 48.6 Å². The van der Waals surface area contributed by atoms with Gasteiger partial charge < -0.3 is 15.3 Å². The van der Waals surface area contributed by atoms with Gasteiger partial charge in [0, 0.05) is 31.4 Å². The van der Waals surface area contributed by atoms with Crippen molar-refractivity contribution in [2.24, 2.45) is 11.8 Å². The molecule has 2 N–H and O–H groups in total. The van der Waals surface area contributed by atoms with Crippen LogP contribution < -0.4 is 5.32 Å². The highest BCUT2D eigenvalue weighted by Crippen LogP contribution is 2.19. The molecule has 1 fully saturated rings. The average molecular weight is 367 g/mol. The average Bonchev–Trinajstić information content (AvgIpc) is 3.13. The minimum atomic E-state index is -0.0690. The number of nitrogens with one attached hydrogen (secondary N) is 1. The highest BCUT2D eigenvalue weighted by Gasteiger charge is 2.23. The van der Waals surface area contributed by atoms with Crippen LogP contribution in [0.25, 0.3) is 11.3 Å². The summed E-state index contributed by atoms with van der Waals surface area (Å²) in [5.74, 6) is 1.14. The minimum absolute atomic E-state index is 0.00406. The summed E-state index contributed by atoms with van der Waals surface area (Å²) < 4.78 is 0. The third-order valence-electron chi connectivity index (χ3n) is 4.98. The number of hydrogen-bond donors (Lipinski definition) is 2. The minimum Gasteiger partial charge on any atom is -0.392 e. The second-order valence-corrected chi connectivity index (χ2v) is 7.81. The molecule has 1 atom stereocenters. The van der Waals surface area contributed by atoms with Gasteiger partial charge in [0.1, 0.15) is 0 Å². The molecule has 3 rings (SSSR count). The third-order valence-corrected chi connectivity index (χ3v) is 4.98. The largest absolute Gasteiger partial charge is 0.392 e. The normalized spacial score (nSPS) is 17.4. The van der Waals surface area contributed by atoms with Gasteiger partial charge in [0.25, 0.3) is 5.91 Å². The van der Waals surface area contributed by atoms with Gasteiger partial charge in [-0.3, -0.25) is 9.78 Å². The lowest BCUT2D eigenvalue weighted by molar-refractivity contribution is 0.0947. The molecule has 2 aromatic rings. The lowest BCUT2D eigenvalue weighted by atomic mass is 10.1. The molecule has 1 aromatic heterocycles. The predicted molar refractivity (Wildman–Crippen MR) is 107 cm³/mol. The van der Waals surface area contributed by atoms with Gasteiger partial charge in [-0.15, -0.1) is 0 Å². The van der Waals surface area contributed by atoms with Crippen LogP contribution in [0.15, 0.2) is 42.6 Å². The van der Waals surface area contributed by atoms with Crippen LogP contribution in [0.2, 0.25) is 0 Å². The summed E-state index contributed by atoms with van der Waals surface area (Å²) in [5.41, 5.74) is 3.15. The molecule has 27 heavy (non-hydrogen) atoms. The molecular formula is C22H29N3O2. The van der Waals surface area contributed by atoms with E-state index in [2.05, 4.69) is 29.0 Å². The molecule has 1 amide bonds. The number of benzene rings is 1. The third kappa shape index (κ3) is 5.37. The highest BCUT2D eigenvalue weighted by atomic mass is 16.3. The van der Waals surface area contributed by atoms with E-state index < -0.39 is 0 Å². The van der Waals surface area contributed by atoms with Crippen molar-refractivity contribution in [2.45, 2.75) is 26.9 Å². The van der Waals surface area contributed by atoms with E-state index in [0.717, 1.165) is 42.9 Å². The van der Waals surface area contributed by atoms with Crippen molar-refractivity contribution >= 4 is 5.91 Å². The zero-order valence-corrected chi connectivity index (χ0v) is 16.2. The fraction of sp³-hybridized carbons (Fsp3) is 0.455. The molecule has 0 unspecified atom stereocenters. The van der Waals surface area contributed by atoms with Crippen LogP contribution in [0.4, 0.5) is 0 Å². The Morgan fingerprint density at radius 2 is 2.19 bits per heavy atom. The first-order chi connectivity index (χ1) is 13.0. The Kier molecular flexibility index (Phi) is 6.58. The Labute approximate surface area is 161 Å². The van der Waals surface area contributed by atoms with Gasteiger partial charge in [0.05, 0.1) is 17.9 Å². The van der Waals surface area contributed by atoms with Crippen molar-refractivity contribution in [1.29, 1.82) is 0 Å². The number of pyridine rings is 1. The maximum Gasteiger partial charge on any atom is 0.252 e. The van der Waals surface area contributed by atoms with Crippen molar-refractivity contribution in [2.75, 3.05) is 26.2 Å². The number of nitrogens with zero attached hydrogens (tertiary/aromatic N) is 2. The molecule has 1 aliphatic heterocycles. The molecule has 0 spiro atoms. The van der Waals surface area contributed by atoms with E-state index in [9.17, 15) is 9.90 Å². The SMILES string of the molecule is CC(C)CN1CC[C@@H](CNC(=O)c2ccc(-c3cccc(CO)c3)nc2)C1. The summed E-state index contributed by atoms with van der Waals surface area (Å²) in [5, 5.41) is 12.3. The fourth-order valence-corrected chi connectivity index (χ4v) is 3.63. The van der Waals surface area contributed by atoms with Crippen LogP contribution >= 0.6 is 0 Å². The number of carbonyl (C=O) groups excluding carboxylic acids is 1. The number of aromatic nitrogens is 1. The molecule has 5 nitrogen and oxygen atoms in total. The zero-order valence-electron chi connectivity index (χ0n) is 16.2. The molecule has 0 aliphatic carbocycles. The topological polar surface area (TPSA) is 65.5 Å². The summed E-state index contributed by atoms with van der Waals surface area (Å²) in [7, 11) is 0. The Morgan fingerprint density at radius 3 is 2.89 bits per heavy atom. The maximum atomic E-state index is 12.4. The van der Waals surface area contributed by atoms with Gasteiger partial charge in [-0.25, -0.2) is 0 Å². The van der Waals surface area contributed by atoms with Crippen molar-refractivity contribution in [3.8, 4) is 11.3 Å². The quantitative estimate of drug-likeness (QED) is 0.790. The second-order valence-electron chi connectivity index (χ2n) is 7.81. The first-order valence-corrected chi connectivity index (χ1v) is 9.72. The fourth-order valence-electron chi connectivity index (χ4n) is 3.63. The van der Waals surface area contributed by atoms with E-state index in [1.54, 1.807) is 6.20 Å². The van der Waals surface area contributed by atoms with Gasteiger partial charge >= 0.3 is 0 Å². The number of likely N-dealkylation sites (tertiary alicyclic amines) is 1. The van der Waals surface area contributed by atoms with E-state index in [-0.39, 0.29) is 12.5 Å². The highest BCUT2D eigenvalue weighted by molar-refractivity contribution is 5.94. The van der Waals surface area contributed by atoms with E-state index in [0.29, 0.717) is 23.9 Å². The second kappa shape index (κ2) is 9.11. The number of amides is 1. The Hall–Kier alpha value is -2.24. The Balaban J connectivity index is 1.53. The summed E-state index contributed by atoms with van der Waals surface area (Å²) in [6, 6.07) is 11.3. The number of hydrogen-bond acceptors (Lipinski definition) is 4. The van der Waals surface area contributed by atoms with Crippen LogP contribution in [0.3, 0.4) is 0 Å². The lowest BCUT2D eigenvalue weighted by Crippen LogP contribution is -2.31. The smallest absolute Gasteiger partial charge is 0.252 e. The molecule has 0 bridgehead atoms. The standard InChI is InChI=1S/C22H29N3O2/c1-16(2)13-25-9-8-18(14-25)11-24-22(27)20-6-7-21(23-12-20)19-5-3-4-17(10-19)15-26/h3-7,10,12,16,18,26H,8-9,11,13-15H2,1-2H3,(H,24,27)/t18-/m0/s1. The Morgan fingerprint density at radius 1 is 1.33 bits per heavy atom. The first-order valence-electron chi connectivity index (χ1n) is 9.72. The van der Waals surface area contributed by atoms with Crippen molar-refractivity contribution in [3.05, 3.63) is 53.7 Å². The van der Waals surface area contributed by atoms with Crippen LogP contribution in [0.5, 0.6) is 0 Å². The molecule has 0 radical (unpaired) electrons. The van der Waals surface area contributed by atoms with Crippen molar-refractivity contribution in [3.63, 3.8) is 0 Å². The number of carbonyl (C=O) groups is 1. The predicted octanol–water partition coefficient (Wildman–Crippen LogP) is 2.95. The first kappa shape index (κ1) is 19.5. The molecule has 5 heteroatoms. The monoisotopic (exact) mass is 367 g/mol. The van der Waals surface area contributed by atoms with E-state index in [1.807, 2.05) is 36.4 Å². The molecule has 0 saturated carbocycles. The Bertz CT molecular complexity index is 758. The van der Waals surface area contributed by atoms with Gasteiger partial charge in [-0.1, -0.05) is 32.0 Å². The number of rotatable bonds is 7. The van der Waals surface area contributed by atoms with Gasteiger partial charge in [0.2, 0.25) is 0 Å². The van der Waals surface area contributed by atoms with Crippen molar-refractivity contribution in [1.82, 2.24) is 15.2 Å². The molecule has 1 aromatic carbocycles. The van der Waals surface area contributed by atoms with E-state index in [1.165, 1.54) is 0 Å². The molecule has 1 saturated heterocycles. The van der Waals surface area contributed by atoms with Gasteiger partial charge in [-0.2, -0.15) is 0 Å². The number of aliphatic hydroxyl groups excluding tert-OH is 1. The zero-order chi connectivity index (χ0) is 19.2. The van der Waals surface area contributed by atoms with E-state index >= 15 is 0 Å². The molecule has 2 heterocycles. The number of aliphatic hydroxyl groups is 1. The van der Waals surface area contributed by atoms with Crippen LogP contribution in [-0.2, 0) is 6.61 Å². The lowest BCUT2D eigenvalue weighted by Gasteiger charge is -2.18. The summed E-state index contributed by atoms with van der Waals surface area (Å²) in [6.07, 6.45) is 2.77. The van der Waals surface area contributed by atoms with Crippen LogP contribution in [0.1, 0.15) is 36.2 Å². The molecular weight excluding hydrogens is 338 g/mol. The van der Waals surface area contributed by atoms with E-state index in [4.69, 9.17) is 0 Å². The molecule has 144 valence electrons. The van der Waals surface area contributed by atoms with Gasteiger partial charge in [0.15, 0.2) is 0 Å². The maximum absolute atomic E-state index is 12.4. The molecule has 1 aliphatic rings. The summed E-state index contributed by atoms with van der Waals surface area (Å²) in [6.45, 7) is 8.53. The van der Waals surface area contributed by atoms with Crippen molar-refractivity contribution < 1.29 is 9.90 Å². The van der Waals surface area contributed by atoms with Crippen LogP contribution in [0, 0.1) is 11.8 Å². The summed E-state index contributed by atoms with van der Waals surface area (Å²) in [4.78, 5) is 19.3. The summed E-state index contributed by atoms with van der Waals surface area (Å²) >= 11 is 0.